The van der Waals surface area contributed by atoms with Crippen molar-refractivity contribution in [3.63, 3.8) is 0 Å². The van der Waals surface area contributed by atoms with Crippen LogP contribution in [0.3, 0.4) is 0 Å². The SMILES string of the molecule is CC(Cl)[Si](C)(O[Si](C)(C)C)C(C)Cl. The third-order valence-electron chi connectivity index (χ3n) is 2.11. The predicted octanol–water partition coefficient (Wildman–Crippen LogP) is 3.75. The molecule has 5 heteroatoms. The van der Waals surface area contributed by atoms with Gasteiger partial charge in [-0.25, -0.2) is 0 Å². The first kappa shape index (κ1) is 14.0. The Morgan fingerprint density at radius 1 is 0.923 bits per heavy atom. The van der Waals surface area contributed by atoms with E-state index in [1.54, 1.807) is 0 Å². The molecule has 0 bridgehead atoms. The van der Waals surface area contributed by atoms with E-state index < -0.39 is 16.6 Å². The summed E-state index contributed by atoms with van der Waals surface area (Å²) in [6.45, 7) is 12.6. The number of hydrogen-bond acceptors (Lipinski definition) is 1. The lowest BCUT2D eigenvalue weighted by atomic mass is 10.9. The highest BCUT2D eigenvalue weighted by Crippen LogP contribution is 2.27. The summed E-state index contributed by atoms with van der Waals surface area (Å²) in [5.74, 6) is 0. The van der Waals surface area contributed by atoms with Crippen molar-refractivity contribution < 1.29 is 4.12 Å². The fourth-order valence-electron chi connectivity index (χ4n) is 1.14. The Bertz CT molecular complexity index is 158. The molecule has 0 saturated carbocycles. The quantitative estimate of drug-likeness (QED) is 0.552. The molecule has 0 saturated heterocycles. The molecule has 0 aliphatic rings. The molecular weight excluding hydrogens is 239 g/mol. The summed E-state index contributed by atoms with van der Waals surface area (Å²) in [7, 11) is -3.47. The zero-order valence-corrected chi connectivity index (χ0v) is 12.8. The van der Waals surface area contributed by atoms with Gasteiger partial charge in [-0.15, -0.1) is 23.2 Å². The zero-order chi connectivity index (χ0) is 10.9. The maximum atomic E-state index is 6.16. The summed E-state index contributed by atoms with van der Waals surface area (Å²) in [5.41, 5.74) is 0. The van der Waals surface area contributed by atoms with Crippen molar-refractivity contribution in [1.29, 1.82) is 0 Å². The molecule has 0 aliphatic carbocycles. The van der Waals surface area contributed by atoms with Gasteiger partial charge >= 0.3 is 0 Å². The molecule has 0 amide bonds. The van der Waals surface area contributed by atoms with Crippen LogP contribution in [0.4, 0.5) is 0 Å². The molecular formula is C8H20Cl2OSi2. The van der Waals surface area contributed by atoms with E-state index in [-0.39, 0.29) is 10.0 Å². The van der Waals surface area contributed by atoms with E-state index in [0.717, 1.165) is 0 Å². The van der Waals surface area contributed by atoms with Gasteiger partial charge in [0.1, 0.15) is 0 Å². The zero-order valence-electron chi connectivity index (χ0n) is 9.32. The van der Waals surface area contributed by atoms with Gasteiger partial charge < -0.3 is 4.12 Å². The molecule has 0 spiro atoms. The van der Waals surface area contributed by atoms with Crippen LogP contribution in [0.15, 0.2) is 0 Å². The molecule has 80 valence electrons. The van der Waals surface area contributed by atoms with Crippen LogP contribution in [-0.4, -0.2) is 26.6 Å². The molecule has 0 heterocycles. The second kappa shape index (κ2) is 4.66. The monoisotopic (exact) mass is 258 g/mol. The van der Waals surface area contributed by atoms with Gasteiger partial charge in [-0.1, -0.05) is 0 Å². The van der Waals surface area contributed by atoms with Crippen LogP contribution in [0.5, 0.6) is 0 Å². The maximum Gasteiger partial charge on any atom is 0.212 e. The van der Waals surface area contributed by atoms with Gasteiger partial charge in [-0.2, -0.15) is 0 Å². The molecule has 2 atom stereocenters. The van der Waals surface area contributed by atoms with Crippen molar-refractivity contribution in [2.45, 2.75) is 50.0 Å². The third-order valence-corrected chi connectivity index (χ3v) is 12.1. The van der Waals surface area contributed by atoms with Crippen LogP contribution in [0.1, 0.15) is 13.8 Å². The van der Waals surface area contributed by atoms with Crippen molar-refractivity contribution in [1.82, 2.24) is 0 Å². The molecule has 2 unspecified atom stereocenters. The Balaban J connectivity index is 4.62. The topological polar surface area (TPSA) is 9.23 Å². The summed E-state index contributed by atoms with van der Waals surface area (Å²) in [4.78, 5) is 0. The third kappa shape index (κ3) is 4.34. The average Bonchev–Trinajstić information content (AvgIpc) is 1.82. The number of rotatable bonds is 4. The second-order valence-electron chi connectivity index (χ2n) is 4.63. The average molecular weight is 259 g/mol. The lowest BCUT2D eigenvalue weighted by Crippen LogP contribution is -2.56. The van der Waals surface area contributed by atoms with Gasteiger partial charge in [-0.3, -0.25) is 0 Å². The highest BCUT2D eigenvalue weighted by atomic mass is 35.5. The summed E-state index contributed by atoms with van der Waals surface area (Å²) in [5, 5.41) is 0.124. The molecule has 0 aromatic carbocycles. The highest BCUT2D eigenvalue weighted by Gasteiger charge is 2.42. The van der Waals surface area contributed by atoms with Crippen LogP contribution in [-0.2, 0) is 4.12 Å². The molecule has 13 heavy (non-hydrogen) atoms. The minimum absolute atomic E-state index is 0.0618. The van der Waals surface area contributed by atoms with Crippen LogP contribution < -0.4 is 0 Å². The second-order valence-corrected chi connectivity index (χ2v) is 15.8. The van der Waals surface area contributed by atoms with Gasteiger partial charge in [0.15, 0.2) is 8.32 Å². The van der Waals surface area contributed by atoms with E-state index in [9.17, 15) is 0 Å². The van der Waals surface area contributed by atoms with E-state index in [1.165, 1.54) is 0 Å². The lowest BCUT2D eigenvalue weighted by molar-refractivity contribution is 0.534. The first-order valence-electron chi connectivity index (χ1n) is 4.58. The van der Waals surface area contributed by atoms with Gasteiger partial charge in [-0.05, 0) is 40.0 Å². The molecule has 0 aliphatic heterocycles. The van der Waals surface area contributed by atoms with Crippen LogP contribution >= 0.6 is 23.2 Å². The maximum absolute atomic E-state index is 6.16. The molecule has 1 nitrogen and oxygen atoms in total. The van der Waals surface area contributed by atoms with Gasteiger partial charge in [0, 0.05) is 0 Å². The molecule has 0 fully saturated rings. The Morgan fingerprint density at radius 2 is 1.23 bits per heavy atom. The van der Waals surface area contributed by atoms with E-state index in [0.29, 0.717) is 0 Å². The molecule has 0 rings (SSSR count). The summed E-state index contributed by atoms with van der Waals surface area (Å²) < 4.78 is 6.16. The van der Waals surface area contributed by atoms with E-state index in [4.69, 9.17) is 27.3 Å². The molecule has 0 aromatic heterocycles. The standard InChI is InChI=1S/C8H20Cl2OSi2/c1-7(9)13(6,8(2)10)11-12(3,4)5/h7-8H,1-6H3. The Morgan fingerprint density at radius 3 is 1.31 bits per heavy atom. The first-order valence-corrected chi connectivity index (χ1v) is 11.4. The Labute approximate surface area is 94.0 Å². The van der Waals surface area contributed by atoms with Crippen molar-refractivity contribution in [2.75, 3.05) is 0 Å². The van der Waals surface area contributed by atoms with Crippen LogP contribution in [0.25, 0.3) is 0 Å². The highest BCUT2D eigenvalue weighted by molar-refractivity contribution is 6.93. The number of halogens is 2. The van der Waals surface area contributed by atoms with Gasteiger partial charge in [0.2, 0.25) is 8.32 Å². The number of hydrogen-bond donors (Lipinski definition) is 0. The molecule has 0 N–H and O–H groups in total. The predicted molar refractivity (Wildman–Crippen MR) is 66.7 cm³/mol. The minimum atomic E-state index is -1.95. The fraction of sp³-hybridized carbons (Fsp3) is 1.00. The number of alkyl halides is 2. The van der Waals surface area contributed by atoms with E-state index >= 15 is 0 Å². The normalized spacial score (nSPS) is 22.2. The van der Waals surface area contributed by atoms with Crippen molar-refractivity contribution in [2.24, 2.45) is 0 Å². The first-order chi connectivity index (χ1) is 5.59. The van der Waals surface area contributed by atoms with Gasteiger partial charge in [0.05, 0.1) is 10.0 Å². The summed E-state index contributed by atoms with van der Waals surface area (Å²) in [6, 6.07) is 0. The largest absolute Gasteiger partial charge is 0.454 e. The van der Waals surface area contributed by atoms with Crippen LogP contribution in [0, 0.1) is 0 Å². The smallest absolute Gasteiger partial charge is 0.212 e. The van der Waals surface area contributed by atoms with E-state index in [2.05, 4.69) is 26.2 Å². The summed E-state index contributed by atoms with van der Waals surface area (Å²) >= 11 is 12.3. The van der Waals surface area contributed by atoms with E-state index in [1.807, 2.05) is 13.8 Å². The van der Waals surface area contributed by atoms with Crippen molar-refractivity contribution in [3.05, 3.63) is 0 Å². The summed E-state index contributed by atoms with van der Waals surface area (Å²) in [6.07, 6.45) is 0. The van der Waals surface area contributed by atoms with Crippen LogP contribution in [0.2, 0.25) is 26.2 Å². The Hall–Kier alpha value is 0.974. The Kier molecular flexibility index (Phi) is 5.01. The lowest BCUT2D eigenvalue weighted by Gasteiger charge is -2.38. The van der Waals surface area contributed by atoms with Gasteiger partial charge in [0.25, 0.3) is 0 Å². The fourth-order valence-corrected chi connectivity index (χ4v) is 10.5. The minimum Gasteiger partial charge on any atom is -0.454 e. The van der Waals surface area contributed by atoms with Crippen molar-refractivity contribution in [3.8, 4) is 0 Å². The van der Waals surface area contributed by atoms with Crippen molar-refractivity contribution >= 4 is 39.8 Å². The molecule has 0 radical (unpaired) electrons. The molecule has 0 aromatic rings.